The van der Waals surface area contributed by atoms with Crippen LogP contribution in [0.15, 0.2) is 41.1 Å². The monoisotopic (exact) mass is 390 g/mol. The minimum Gasteiger partial charge on any atom is -0.351 e. The number of halogens is 1. The summed E-state index contributed by atoms with van der Waals surface area (Å²) in [6.07, 6.45) is 4.92. The Morgan fingerprint density at radius 3 is 2.96 bits per heavy atom. The van der Waals surface area contributed by atoms with E-state index in [1.54, 1.807) is 10.9 Å². The van der Waals surface area contributed by atoms with Gasteiger partial charge >= 0.3 is 0 Å². The third-order valence-corrected chi connectivity index (χ3v) is 4.91. The molecule has 6 nitrogen and oxygen atoms in total. The molecule has 2 N–H and O–H groups in total. The second kappa shape index (κ2) is 7.17. The van der Waals surface area contributed by atoms with Gasteiger partial charge in [-0.2, -0.15) is 5.10 Å². The Kier molecular flexibility index (Phi) is 4.99. The van der Waals surface area contributed by atoms with E-state index >= 15 is 0 Å². The summed E-state index contributed by atoms with van der Waals surface area (Å²) in [7, 11) is 1.83. The maximum absolute atomic E-state index is 12.4. The number of hydrogen-bond acceptors (Lipinski definition) is 3. The van der Waals surface area contributed by atoms with Gasteiger partial charge in [0.1, 0.15) is 0 Å². The standard InChI is InChI=1S/C17H19BrN4O2/c1-22-10-12(9-19-22)17-14(6-7-15(23)21-17)20-16(24)8-11-4-2-3-5-13(11)18/h2-5,9-10,14,17H,6-8H2,1H3,(H,20,24)(H,21,23)/t14-,17+/m0/s1. The van der Waals surface area contributed by atoms with Crippen molar-refractivity contribution in [2.24, 2.45) is 7.05 Å². The average Bonchev–Trinajstić information content (AvgIpc) is 2.98. The van der Waals surface area contributed by atoms with Crippen LogP contribution in [0.5, 0.6) is 0 Å². The average molecular weight is 391 g/mol. The predicted octanol–water partition coefficient (Wildman–Crippen LogP) is 1.86. The van der Waals surface area contributed by atoms with Crippen molar-refractivity contribution in [3.8, 4) is 0 Å². The Bertz CT molecular complexity index is 759. The molecule has 0 saturated carbocycles. The lowest BCUT2D eigenvalue weighted by Gasteiger charge is -2.32. The molecule has 1 aromatic heterocycles. The quantitative estimate of drug-likeness (QED) is 0.836. The van der Waals surface area contributed by atoms with E-state index in [4.69, 9.17) is 0 Å². The van der Waals surface area contributed by atoms with Crippen LogP contribution < -0.4 is 10.6 Å². The SMILES string of the molecule is Cn1cc([C@H]2NC(=O)CC[C@@H]2NC(=O)Cc2ccccc2Br)cn1. The van der Waals surface area contributed by atoms with E-state index in [0.29, 0.717) is 19.3 Å². The molecule has 0 unspecified atom stereocenters. The lowest BCUT2D eigenvalue weighted by molar-refractivity contribution is -0.126. The van der Waals surface area contributed by atoms with Gasteiger partial charge in [0.05, 0.1) is 24.7 Å². The maximum atomic E-state index is 12.4. The predicted molar refractivity (Wildman–Crippen MR) is 93.1 cm³/mol. The van der Waals surface area contributed by atoms with E-state index in [1.165, 1.54) is 0 Å². The molecule has 24 heavy (non-hydrogen) atoms. The fourth-order valence-electron chi connectivity index (χ4n) is 2.94. The first-order valence-corrected chi connectivity index (χ1v) is 8.63. The Morgan fingerprint density at radius 1 is 1.46 bits per heavy atom. The van der Waals surface area contributed by atoms with Gasteiger partial charge in [0.25, 0.3) is 0 Å². The third kappa shape index (κ3) is 3.84. The highest BCUT2D eigenvalue weighted by molar-refractivity contribution is 9.10. The summed E-state index contributed by atoms with van der Waals surface area (Å²) in [4.78, 5) is 24.2. The Hall–Kier alpha value is -2.15. The molecule has 1 saturated heterocycles. The molecule has 126 valence electrons. The molecule has 1 aromatic carbocycles. The van der Waals surface area contributed by atoms with Gasteiger partial charge in [-0.15, -0.1) is 0 Å². The van der Waals surface area contributed by atoms with Gasteiger partial charge in [0, 0.05) is 29.7 Å². The molecule has 0 aliphatic carbocycles. The van der Waals surface area contributed by atoms with Crippen LogP contribution in [-0.4, -0.2) is 27.6 Å². The first kappa shape index (κ1) is 16.7. The van der Waals surface area contributed by atoms with Crippen LogP contribution in [-0.2, 0) is 23.1 Å². The number of nitrogens with zero attached hydrogens (tertiary/aromatic N) is 2. The summed E-state index contributed by atoms with van der Waals surface area (Å²) in [5.74, 6) is -0.0582. The summed E-state index contributed by atoms with van der Waals surface area (Å²) in [5.41, 5.74) is 1.84. The zero-order valence-corrected chi connectivity index (χ0v) is 14.9. The molecule has 2 aromatic rings. The highest BCUT2D eigenvalue weighted by atomic mass is 79.9. The number of piperidine rings is 1. The van der Waals surface area contributed by atoms with Crippen LogP contribution in [0.25, 0.3) is 0 Å². The third-order valence-electron chi connectivity index (χ3n) is 4.14. The van der Waals surface area contributed by atoms with Crippen LogP contribution >= 0.6 is 15.9 Å². The summed E-state index contributed by atoms with van der Waals surface area (Å²) >= 11 is 3.46. The molecule has 1 aliphatic heterocycles. The van der Waals surface area contributed by atoms with Gasteiger partial charge in [-0.25, -0.2) is 0 Å². The fourth-order valence-corrected chi connectivity index (χ4v) is 3.37. The molecule has 0 spiro atoms. The van der Waals surface area contributed by atoms with Gasteiger partial charge in [0.15, 0.2) is 0 Å². The van der Waals surface area contributed by atoms with Crippen molar-refractivity contribution in [1.29, 1.82) is 0 Å². The molecule has 2 amide bonds. The zero-order valence-electron chi connectivity index (χ0n) is 13.3. The molecular formula is C17H19BrN4O2. The van der Waals surface area contributed by atoms with Crippen LogP contribution in [0.3, 0.4) is 0 Å². The number of hydrogen-bond donors (Lipinski definition) is 2. The van der Waals surface area contributed by atoms with Gasteiger partial charge in [-0.05, 0) is 18.1 Å². The second-order valence-electron chi connectivity index (χ2n) is 5.97. The van der Waals surface area contributed by atoms with Gasteiger partial charge in [-0.1, -0.05) is 34.1 Å². The molecule has 1 fully saturated rings. The molecular weight excluding hydrogens is 372 g/mol. The first-order valence-electron chi connectivity index (χ1n) is 7.83. The minimum absolute atomic E-state index is 0.000144. The summed E-state index contributed by atoms with van der Waals surface area (Å²) in [6, 6.07) is 7.28. The Balaban J connectivity index is 1.70. The summed E-state index contributed by atoms with van der Waals surface area (Å²) in [6.45, 7) is 0. The number of carbonyl (C=O) groups is 2. The Labute approximate surface area is 148 Å². The number of aryl methyl sites for hydroxylation is 1. The van der Waals surface area contributed by atoms with Crippen LogP contribution in [0, 0.1) is 0 Å². The number of aromatic nitrogens is 2. The van der Waals surface area contributed by atoms with Crippen LogP contribution in [0.1, 0.15) is 30.0 Å². The van der Waals surface area contributed by atoms with E-state index in [9.17, 15) is 9.59 Å². The lowest BCUT2D eigenvalue weighted by Crippen LogP contribution is -2.50. The van der Waals surface area contributed by atoms with E-state index in [0.717, 1.165) is 15.6 Å². The van der Waals surface area contributed by atoms with E-state index in [2.05, 4.69) is 31.7 Å². The van der Waals surface area contributed by atoms with Crippen molar-refractivity contribution in [3.05, 3.63) is 52.3 Å². The molecule has 0 bridgehead atoms. The Morgan fingerprint density at radius 2 is 2.25 bits per heavy atom. The highest BCUT2D eigenvalue weighted by Crippen LogP contribution is 2.24. The van der Waals surface area contributed by atoms with Crippen molar-refractivity contribution in [1.82, 2.24) is 20.4 Å². The second-order valence-corrected chi connectivity index (χ2v) is 6.83. The number of carbonyl (C=O) groups excluding carboxylic acids is 2. The molecule has 1 aliphatic rings. The molecule has 0 radical (unpaired) electrons. The minimum atomic E-state index is -0.247. The highest BCUT2D eigenvalue weighted by Gasteiger charge is 2.31. The zero-order chi connectivity index (χ0) is 17.1. The van der Waals surface area contributed by atoms with Gasteiger partial charge in [-0.3, -0.25) is 14.3 Å². The normalized spacial score (nSPS) is 20.5. The number of benzene rings is 1. The van der Waals surface area contributed by atoms with E-state index in [-0.39, 0.29) is 23.9 Å². The molecule has 2 heterocycles. The first-order chi connectivity index (χ1) is 11.5. The molecule has 2 atom stereocenters. The van der Waals surface area contributed by atoms with Crippen LogP contribution in [0.2, 0.25) is 0 Å². The lowest BCUT2D eigenvalue weighted by atomic mass is 9.93. The van der Waals surface area contributed by atoms with Crippen molar-refractivity contribution < 1.29 is 9.59 Å². The number of rotatable bonds is 4. The summed E-state index contributed by atoms with van der Waals surface area (Å²) in [5, 5.41) is 10.2. The van der Waals surface area contributed by atoms with Crippen molar-refractivity contribution >= 4 is 27.7 Å². The van der Waals surface area contributed by atoms with Crippen molar-refractivity contribution in [2.75, 3.05) is 0 Å². The molecule has 3 rings (SSSR count). The maximum Gasteiger partial charge on any atom is 0.224 e. The smallest absolute Gasteiger partial charge is 0.224 e. The largest absolute Gasteiger partial charge is 0.351 e. The van der Waals surface area contributed by atoms with Gasteiger partial charge in [0.2, 0.25) is 11.8 Å². The van der Waals surface area contributed by atoms with Crippen LogP contribution in [0.4, 0.5) is 0 Å². The number of amides is 2. The van der Waals surface area contributed by atoms with Crippen molar-refractivity contribution in [3.63, 3.8) is 0 Å². The molecule has 7 heteroatoms. The van der Waals surface area contributed by atoms with E-state index < -0.39 is 0 Å². The number of nitrogens with one attached hydrogen (secondary N) is 2. The topological polar surface area (TPSA) is 76.0 Å². The van der Waals surface area contributed by atoms with Gasteiger partial charge < -0.3 is 10.6 Å². The summed E-state index contributed by atoms with van der Waals surface area (Å²) < 4.78 is 2.61. The fraction of sp³-hybridized carbons (Fsp3) is 0.353. The van der Waals surface area contributed by atoms with E-state index in [1.807, 2.05) is 37.5 Å². The van der Waals surface area contributed by atoms with Crippen molar-refractivity contribution in [2.45, 2.75) is 31.3 Å².